The number of hydrogen-bond donors (Lipinski definition) is 2. The van der Waals surface area contributed by atoms with Crippen molar-refractivity contribution in [1.29, 1.82) is 0 Å². The van der Waals surface area contributed by atoms with Crippen molar-refractivity contribution in [3.8, 4) is 5.69 Å². The molecule has 2 aromatic rings. The number of anilines is 1. The van der Waals surface area contributed by atoms with Gasteiger partial charge in [-0.2, -0.15) is 18.3 Å². The largest absolute Gasteiger partial charge is 0.416 e. The van der Waals surface area contributed by atoms with Crippen molar-refractivity contribution in [2.45, 2.75) is 6.18 Å². The van der Waals surface area contributed by atoms with E-state index >= 15 is 0 Å². The standard InChI is InChI=1S/C10H8F3N5S/c11-10(12,13)6-1-2-8(18-5-15-4-16-18)7(3-6)17-9(14)19/h1-5H,(H3,14,17,19). The van der Waals surface area contributed by atoms with Gasteiger partial charge < -0.3 is 11.1 Å². The van der Waals surface area contributed by atoms with Crippen molar-refractivity contribution in [2.75, 3.05) is 5.32 Å². The molecule has 0 aliphatic carbocycles. The third-order valence-corrected chi connectivity index (χ3v) is 2.35. The Morgan fingerprint density at radius 2 is 2.11 bits per heavy atom. The molecule has 9 heteroatoms. The van der Waals surface area contributed by atoms with Crippen molar-refractivity contribution < 1.29 is 13.2 Å². The van der Waals surface area contributed by atoms with E-state index in [1.54, 1.807) is 0 Å². The lowest BCUT2D eigenvalue weighted by Crippen LogP contribution is -2.21. The van der Waals surface area contributed by atoms with Crippen LogP contribution in [0, 0.1) is 0 Å². The molecule has 0 unspecified atom stereocenters. The predicted molar refractivity (Wildman–Crippen MR) is 66.8 cm³/mol. The van der Waals surface area contributed by atoms with E-state index in [-0.39, 0.29) is 10.8 Å². The first-order valence-corrected chi connectivity index (χ1v) is 5.41. The van der Waals surface area contributed by atoms with Crippen LogP contribution in [0.25, 0.3) is 5.69 Å². The van der Waals surface area contributed by atoms with E-state index in [9.17, 15) is 13.2 Å². The van der Waals surface area contributed by atoms with Crippen LogP contribution in [0.4, 0.5) is 18.9 Å². The summed E-state index contributed by atoms with van der Waals surface area (Å²) >= 11 is 4.64. The van der Waals surface area contributed by atoms with Crippen LogP contribution in [-0.4, -0.2) is 19.9 Å². The molecule has 0 saturated carbocycles. The lowest BCUT2D eigenvalue weighted by Gasteiger charge is -2.14. The second-order valence-electron chi connectivity index (χ2n) is 3.56. The van der Waals surface area contributed by atoms with Crippen LogP contribution in [0.5, 0.6) is 0 Å². The van der Waals surface area contributed by atoms with Gasteiger partial charge in [-0.05, 0) is 30.4 Å². The molecule has 1 heterocycles. The van der Waals surface area contributed by atoms with E-state index in [4.69, 9.17) is 5.73 Å². The minimum Gasteiger partial charge on any atom is -0.376 e. The Kier molecular flexibility index (Phi) is 3.38. The van der Waals surface area contributed by atoms with Gasteiger partial charge in [0.05, 0.1) is 16.9 Å². The van der Waals surface area contributed by atoms with Gasteiger partial charge in [-0.15, -0.1) is 0 Å². The quantitative estimate of drug-likeness (QED) is 0.826. The Labute approximate surface area is 111 Å². The van der Waals surface area contributed by atoms with Crippen molar-refractivity contribution in [1.82, 2.24) is 14.8 Å². The zero-order chi connectivity index (χ0) is 14.0. The molecule has 0 atom stereocenters. The van der Waals surface area contributed by atoms with Gasteiger partial charge in [0.2, 0.25) is 0 Å². The first-order chi connectivity index (χ1) is 8.88. The molecule has 3 N–H and O–H groups in total. The second-order valence-corrected chi connectivity index (χ2v) is 4.00. The molecule has 5 nitrogen and oxygen atoms in total. The number of halogens is 3. The van der Waals surface area contributed by atoms with E-state index in [0.717, 1.165) is 12.1 Å². The minimum atomic E-state index is -4.45. The van der Waals surface area contributed by atoms with Crippen LogP contribution in [0.2, 0.25) is 0 Å². The molecule has 2 rings (SSSR count). The van der Waals surface area contributed by atoms with E-state index in [1.807, 2.05) is 0 Å². The van der Waals surface area contributed by atoms with Gasteiger partial charge in [0.15, 0.2) is 5.11 Å². The molecule has 0 saturated heterocycles. The van der Waals surface area contributed by atoms with Gasteiger partial charge in [0, 0.05) is 0 Å². The SMILES string of the molecule is NC(=S)Nc1cc(C(F)(F)F)ccc1-n1cncn1. The summed E-state index contributed by atoms with van der Waals surface area (Å²) in [6, 6.07) is 3.12. The third-order valence-electron chi connectivity index (χ3n) is 2.25. The highest BCUT2D eigenvalue weighted by Crippen LogP contribution is 2.33. The van der Waals surface area contributed by atoms with Crippen molar-refractivity contribution in [2.24, 2.45) is 5.73 Å². The first kappa shape index (κ1) is 13.3. The summed E-state index contributed by atoms with van der Waals surface area (Å²) in [5.41, 5.74) is 4.95. The molecule has 19 heavy (non-hydrogen) atoms. The number of thiocarbonyl (C=S) groups is 1. The number of rotatable bonds is 2. The van der Waals surface area contributed by atoms with Crippen LogP contribution in [0.1, 0.15) is 5.56 Å². The number of nitrogens with two attached hydrogens (primary N) is 1. The summed E-state index contributed by atoms with van der Waals surface area (Å²) in [4.78, 5) is 3.73. The van der Waals surface area contributed by atoms with Crippen molar-refractivity contribution >= 4 is 23.0 Å². The summed E-state index contributed by atoms with van der Waals surface area (Å²) in [6.45, 7) is 0. The zero-order valence-corrected chi connectivity index (χ0v) is 10.2. The Morgan fingerprint density at radius 1 is 1.37 bits per heavy atom. The second kappa shape index (κ2) is 4.84. The Balaban J connectivity index is 2.52. The van der Waals surface area contributed by atoms with E-state index in [1.165, 1.54) is 23.4 Å². The number of aromatic nitrogens is 3. The molecule has 0 aliphatic heterocycles. The topological polar surface area (TPSA) is 68.8 Å². The monoisotopic (exact) mass is 287 g/mol. The zero-order valence-electron chi connectivity index (χ0n) is 9.35. The molecule has 0 amide bonds. The molecule has 0 spiro atoms. The van der Waals surface area contributed by atoms with Gasteiger partial charge in [0.25, 0.3) is 0 Å². The lowest BCUT2D eigenvalue weighted by atomic mass is 10.1. The predicted octanol–water partition coefficient (Wildman–Crippen LogP) is 1.94. The Bertz CT molecular complexity index is 594. The number of nitrogens with one attached hydrogen (secondary N) is 1. The molecule has 0 radical (unpaired) electrons. The molecule has 1 aromatic heterocycles. The molecular weight excluding hydrogens is 279 g/mol. The fraction of sp³-hybridized carbons (Fsp3) is 0.100. The summed E-state index contributed by atoms with van der Waals surface area (Å²) in [5, 5.41) is 6.20. The van der Waals surface area contributed by atoms with Crippen LogP contribution >= 0.6 is 12.2 Å². The van der Waals surface area contributed by atoms with Gasteiger partial charge in [-0.25, -0.2) is 9.67 Å². The molecular formula is C10H8F3N5S. The highest BCUT2D eigenvalue weighted by molar-refractivity contribution is 7.80. The Morgan fingerprint density at radius 3 is 2.63 bits per heavy atom. The first-order valence-electron chi connectivity index (χ1n) is 5.00. The number of nitrogens with zero attached hydrogens (tertiary/aromatic N) is 3. The maximum atomic E-state index is 12.7. The average Bonchev–Trinajstić information content (AvgIpc) is 2.80. The van der Waals surface area contributed by atoms with Gasteiger partial charge in [0.1, 0.15) is 12.7 Å². The summed E-state index contributed by atoms with van der Waals surface area (Å²) in [5.74, 6) is 0. The maximum Gasteiger partial charge on any atom is 0.416 e. The molecule has 0 fully saturated rings. The summed E-state index contributed by atoms with van der Waals surface area (Å²) in [7, 11) is 0. The van der Waals surface area contributed by atoms with Crippen LogP contribution in [0.15, 0.2) is 30.9 Å². The molecule has 1 aromatic carbocycles. The number of benzene rings is 1. The molecule has 0 bridgehead atoms. The van der Waals surface area contributed by atoms with E-state index < -0.39 is 11.7 Å². The van der Waals surface area contributed by atoms with Gasteiger partial charge in [-0.3, -0.25) is 0 Å². The van der Waals surface area contributed by atoms with Gasteiger partial charge in [-0.1, -0.05) is 0 Å². The number of alkyl halides is 3. The average molecular weight is 287 g/mol. The normalized spacial score (nSPS) is 11.3. The fourth-order valence-electron chi connectivity index (χ4n) is 1.48. The maximum absolute atomic E-state index is 12.7. The summed E-state index contributed by atoms with van der Waals surface area (Å²) < 4.78 is 39.3. The van der Waals surface area contributed by atoms with Crippen LogP contribution < -0.4 is 11.1 Å². The van der Waals surface area contributed by atoms with E-state index in [0.29, 0.717) is 5.69 Å². The van der Waals surface area contributed by atoms with Gasteiger partial charge >= 0.3 is 6.18 Å². The molecule has 100 valence electrons. The summed E-state index contributed by atoms with van der Waals surface area (Å²) in [6.07, 6.45) is -1.83. The van der Waals surface area contributed by atoms with Crippen molar-refractivity contribution in [3.05, 3.63) is 36.4 Å². The number of hydrogen-bond acceptors (Lipinski definition) is 3. The highest BCUT2D eigenvalue weighted by atomic mass is 32.1. The minimum absolute atomic E-state index is 0.104. The van der Waals surface area contributed by atoms with Crippen LogP contribution in [-0.2, 0) is 6.18 Å². The van der Waals surface area contributed by atoms with E-state index in [2.05, 4.69) is 27.6 Å². The fourth-order valence-corrected chi connectivity index (χ4v) is 1.59. The highest BCUT2D eigenvalue weighted by Gasteiger charge is 2.31. The van der Waals surface area contributed by atoms with Crippen LogP contribution in [0.3, 0.4) is 0 Å². The smallest absolute Gasteiger partial charge is 0.376 e. The van der Waals surface area contributed by atoms with Crippen molar-refractivity contribution in [3.63, 3.8) is 0 Å². The Hall–Kier alpha value is -2.16. The third kappa shape index (κ3) is 2.99. The molecule has 0 aliphatic rings. The lowest BCUT2D eigenvalue weighted by molar-refractivity contribution is -0.137.